The number of carboxylic acids is 1. The Morgan fingerprint density at radius 2 is 1.89 bits per heavy atom. The van der Waals surface area contributed by atoms with E-state index in [0.29, 0.717) is 0 Å². The average Bonchev–Trinajstić information content (AvgIpc) is 3.38. The molecule has 36 heavy (non-hydrogen) atoms. The zero-order valence-electron chi connectivity index (χ0n) is 18.1. The molecule has 0 saturated heterocycles. The molecule has 3 heterocycles. The van der Waals surface area contributed by atoms with Crippen molar-refractivity contribution in [1.82, 2.24) is 19.7 Å². The van der Waals surface area contributed by atoms with Crippen molar-refractivity contribution in [2.24, 2.45) is 5.73 Å². The van der Waals surface area contributed by atoms with Crippen molar-refractivity contribution in [2.45, 2.75) is 19.6 Å². The number of nitrogens with zero attached hydrogens (tertiary/aromatic N) is 4. The molecule has 1 aromatic carbocycles. The van der Waals surface area contributed by atoms with Crippen LogP contribution in [0.2, 0.25) is 0 Å². The van der Waals surface area contributed by atoms with E-state index in [1.54, 1.807) is 0 Å². The second-order valence-corrected chi connectivity index (χ2v) is 7.43. The van der Waals surface area contributed by atoms with E-state index in [1.807, 2.05) is 0 Å². The molecule has 0 spiro atoms. The van der Waals surface area contributed by atoms with Gasteiger partial charge in [0, 0.05) is 11.5 Å². The van der Waals surface area contributed by atoms with Gasteiger partial charge in [-0.05, 0) is 25.1 Å². The summed E-state index contributed by atoms with van der Waals surface area (Å²) in [5, 5.41) is 14.6. The summed E-state index contributed by atoms with van der Waals surface area (Å²) in [6, 6.07) is 4.10. The maximum atomic E-state index is 13.8. The SMILES string of the molecule is Cc1c(NC(=O)c2cc(C(N)=O)nc3cc(F)ccc23)c(C(F)(F)F)nn1Cc1nc(C(=O)O)co1. The number of anilines is 1. The maximum Gasteiger partial charge on any atom is 0.437 e. The predicted octanol–water partition coefficient (Wildman–Crippen LogP) is 2.98. The molecule has 186 valence electrons. The third kappa shape index (κ3) is 4.57. The molecule has 15 heteroatoms. The highest BCUT2D eigenvalue weighted by Gasteiger charge is 2.39. The number of rotatable bonds is 6. The van der Waals surface area contributed by atoms with Gasteiger partial charge in [-0.25, -0.2) is 19.2 Å². The molecule has 4 aromatic rings. The number of fused-ring (bicyclic) bond motifs is 1. The van der Waals surface area contributed by atoms with E-state index in [0.717, 1.165) is 29.1 Å². The number of amides is 2. The lowest BCUT2D eigenvalue weighted by Gasteiger charge is -2.11. The monoisotopic (exact) mass is 506 g/mol. The Morgan fingerprint density at radius 1 is 1.17 bits per heavy atom. The van der Waals surface area contributed by atoms with Crippen LogP contribution < -0.4 is 11.1 Å². The van der Waals surface area contributed by atoms with Crippen molar-refractivity contribution in [3.8, 4) is 0 Å². The molecule has 4 rings (SSSR count). The van der Waals surface area contributed by atoms with Crippen LogP contribution in [0.1, 0.15) is 48.6 Å². The minimum atomic E-state index is -5.00. The Labute approximate surface area is 197 Å². The summed E-state index contributed by atoms with van der Waals surface area (Å²) in [4.78, 5) is 43.2. The number of carbonyl (C=O) groups is 3. The van der Waals surface area contributed by atoms with Gasteiger partial charge < -0.3 is 20.6 Å². The van der Waals surface area contributed by atoms with Gasteiger partial charge in [0.05, 0.1) is 22.5 Å². The summed E-state index contributed by atoms with van der Waals surface area (Å²) in [6.07, 6.45) is -4.18. The topological polar surface area (TPSA) is 166 Å². The summed E-state index contributed by atoms with van der Waals surface area (Å²) in [7, 11) is 0. The third-order valence-corrected chi connectivity index (χ3v) is 5.04. The molecule has 0 aliphatic rings. The highest BCUT2D eigenvalue weighted by Crippen LogP contribution is 2.36. The van der Waals surface area contributed by atoms with Gasteiger partial charge in [-0.1, -0.05) is 0 Å². The number of aromatic carboxylic acids is 1. The van der Waals surface area contributed by atoms with E-state index in [9.17, 15) is 31.9 Å². The quantitative estimate of drug-likeness (QED) is 0.336. The fourth-order valence-corrected chi connectivity index (χ4v) is 3.35. The normalized spacial score (nSPS) is 11.6. The summed E-state index contributed by atoms with van der Waals surface area (Å²) >= 11 is 0. The molecular weight excluding hydrogens is 492 g/mol. The molecule has 0 aliphatic carbocycles. The number of pyridine rings is 1. The van der Waals surface area contributed by atoms with Crippen LogP contribution in [0.4, 0.5) is 23.2 Å². The molecule has 0 radical (unpaired) electrons. The molecule has 0 aliphatic heterocycles. The van der Waals surface area contributed by atoms with Crippen LogP contribution in [0.15, 0.2) is 34.9 Å². The molecule has 0 unspecified atom stereocenters. The van der Waals surface area contributed by atoms with Crippen molar-refractivity contribution in [3.05, 3.63) is 70.6 Å². The molecule has 0 atom stereocenters. The number of nitrogens with two attached hydrogens (primary N) is 1. The number of alkyl halides is 3. The lowest BCUT2D eigenvalue weighted by atomic mass is 10.1. The van der Waals surface area contributed by atoms with Crippen LogP contribution in [-0.4, -0.2) is 42.6 Å². The molecule has 2 amide bonds. The second-order valence-electron chi connectivity index (χ2n) is 7.43. The molecule has 3 aromatic heterocycles. The lowest BCUT2D eigenvalue weighted by Crippen LogP contribution is -2.19. The van der Waals surface area contributed by atoms with E-state index in [1.165, 1.54) is 13.0 Å². The van der Waals surface area contributed by atoms with Crippen LogP contribution in [0, 0.1) is 12.7 Å². The van der Waals surface area contributed by atoms with Crippen molar-refractivity contribution in [2.75, 3.05) is 5.32 Å². The van der Waals surface area contributed by atoms with E-state index < -0.39 is 59.1 Å². The lowest BCUT2D eigenvalue weighted by molar-refractivity contribution is -0.140. The van der Waals surface area contributed by atoms with Gasteiger partial charge in [-0.15, -0.1) is 0 Å². The minimum absolute atomic E-state index is 0.0542. The van der Waals surface area contributed by atoms with Gasteiger partial charge in [0.2, 0.25) is 5.89 Å². The second kappa shape index (κ2) is 8.75. The first-order valence-corrected chi connectivity index (χ1v) is 9.89. The molecule has 0 bridgehead atoms. The number of carbonyl (C=O) groups excluding carboxylic acids is 2. The largest absolute Gasteiger partial charge is 0.476 e. The standard InChI is InChI=1S/C21H14F4N6O5/c1-8-16(17(21(23,24)25)30-31(8)6-15-28-14(7-36-15)20(34)35)29-19(33)11-5-13(18(26)32)27-12-4-9(22)2-3-10(11)12/h2-5,7H,6H2,1H3,(H2,26,32)(H,29,33)(H,34,35). The fourth-order valence-electron chi connectivity index (χ4n) is 3.35. The number of halogens is 4. The van der Waals surface area contributed by atoms with Gasteiger partial charge in [0.25, 0.3) is 11.8 Å². The molecule has 0 fully saturated rings. The van der Waals surface area contributed by atoms with Gasteiger partial charge in [-0.3, -0.25) is 14.3 Å². The third-order valence-electron chi connectivity index (χ3n) is 5.04. The summed E-state index contributed by atoms with van der Waals surface area (Å²) < 4.78 is 60.7. The Kier molecular flexibility index (Phi) is 5.91. The van der Waals surface area contributed by atoms with E-state index in [-0.39, 0.29) is 28.1 Å². The van der Waals surface area contributed by atoms with Crippen LogP contribution in [0.25, 0.3) is 10.9 Å². The number of carboxylic acid groups (broad SMARTS) is 1. The van der Waals surface area contributed by atoms with Gasteiger partial charge >= 0.3 is 12.1 Å². The van der Waals surface area contributed by atoms with E-state index in [4.69, 9.17) is 15.3 Å². The number of benzene rings is 1. The number of aromatic nitrogens is 4. The Hall–Kier alpha value is -4.82. The summed E-state index contributed by atoms with van der Waals surface area (Å²) in [5.74, 6) is -4.48. The smallest absolute Gasteiger partial charge is 0.437 e. The molecule has 11 nitrogen and oxygen atoms in total. The zero-order valence-corrected chi connectivity index (χ0v) is 18.1. The summed E-state index contributed by atoms with van der Waals surface area (Å²) in [5.41, 5.74) is 1.66. The maximum absolute atomic E-state index is 13.8. The van der Waals surface area contributed by atoms with Crippen LogP contribution >= 0.6 is 0 Å². The van der Waals surface area contributed by atoms with Gasteiger partial charge in [0.15, 0.2) is 11.4 Å². The Balaban J connectivity index is 1.76. The molecular formula is C21H14F4N6O5. The molecule has 4 N–H and O–H groups in total. The zero-order chi connectivity index (χ0) is 26.4. The van der Waals surface area contributed by atoms with Crippen LogP contribution in [0.5, 0.6) is 0 Å². The van der Waals surface area contributed by atoms with Crippen molar-refractivity contribution in [3.63, 3.8) is 0 Å². The van der Waals surface area contributed by atoms with Crippen molar-refractivity contribution in [1.29, 1.82) is 0 Å². The highest BCUT2D eigenvalue weighted by atomic mass is 19.4. The number of oxazole rings is 1. The van der Waals surface area contributed by atoms with Crippen LogP contribution in [0.3, 0.4) is 0 Å². The van der Waals surface area contributed by atoms with E-state index in [2.05, 4.69) is 20.4 Å². The Morgan fingerprint density at radius 3 is 2.50 bits per heavy atom. The molecule has 0 saturated carbocycles. The summed E-state index contributed by atoms with van der Waals surface area (Å²) in [6.45, 7) is 0.759. The first kappa shape index (κ1) is 24.3. The van der Waals surface area contributed by atoms with Crippen molar-refractivity contribution >= 4 is 34.4 Å². The number of primary amides is 1. The number of hydrogen-bond donors (Lipinski definition) is 3. The number of hydrogen-bond acceptors (Lipinski definition) is 7. The van der Waals surface area contributed by atoms with Gasteiger partial charge in [0.1, 0.15) is 24.3 Å². The number of nitrogens with one attached hydrogen (secondary N) is 1. The van der Waals surface area contributed by atoms with Gasteiger partial charge in [-0.2, -0.15) is 18.3 Å². The Bertz CT molecular complexity index is 1540. The predicted molar refractivity (Wildman–Crippen MR) is 113 cm³/mol. The average molecular weight is 506 g/mol. The van der Waals surface area contributed by atoms with E-state index >= 15 is 0 Å². The first-order chi connectivity index (χ1) is 16.8. The van der Waals surface area contributed by atoms with Crippen molar-refractivity contribution < 1.29 is 41.5 Å². The minimum Gasteiger partial charge on any atom is -0.476 e. The fraction of sp³-hybridized carbons (Fsp3) is 0.143. The highest BCUT2D eigenvalue weighted by molar-refractivity contribution is 6.14. The first-order valence-electron chi connectivity index (χ1n) is 9.89. The van der Waals surface area contributed by atoms with Crippen LogP contribution in [-0.2, 0) is 12.7 Å².